The Hall–Kier alpha value is -0.0800. The topological polar surface area (TPSA) is 35.1 Å². The zero-order valence-electron chi connectivity index (χ0n) is 6.15. The van der Waals surface area contributed by atoms with Crippen LogP contribution in [0.1, 0.15) is 39.0 Å². The summed E-state index contributed by atoms with van der Waals surface area (Å²) in [7, 11) is 0. The molecule has 0 aromatic heterocycles. The minimum Gasteiger partial charge on any atom is -0.788 e. The van der Waals surface area contributed by atoms with E-state index >= 15 is 0 Å². The Balaban J connectivity index is 2.60. The van der Waals surface area contributed by atoms with E-state index in [2.05, 4.69) is 6.92 Å². The molecule has 0 saturated carbocycles. The lowest BCUT2D eigenvalue weighted by atomic mass is 10.2. The highest BCUT2D eigenvalue weighted by atomic mass is 16.5. The lowest BCUT2D eigenvalue weighted by Gasteiger charge is -2.05. The summed E-state index contributed by atoms with van der Waals surface area (Å²) >= 11 is 0. The lowest BCUT2D eigenvalue weighted by Crippen LogP contribution is -2.04. The van der Waals surface area contributed by atoms with Crippen LogP contribution in [0.15, 0.2) is 0 Å². The molecule has 2 heteroatoms. The van der Waals surface area contributed by atoms with Gasteiger partial charge >= 0.3 is 0 Å². The maximum Gasteiger partial charge on any atom is -0.0170 e. The summed E-state index contributed by atoms with van der Waals surface area (Å²) in [4.78, 5) is 0. The van der Waals surface area contributed by atoms with Gasteiger partial charge in [-0.15, -0.1) is 0 Å². The highest BCUT2D eigenvalue weighted by Crippen LogP contribution is 2.00. The first-order valence-corrected chi connectivity index (χ1v) is 3.76. The van der Waals surface area contributed by atoms with E-state index in [1.807, 2.05) is 5.48 Å². The molecule has 0 heterocycles. The van der Waals surface area contributed by atoms with Gasteiger partial charge in [0, 0.05) is 0 Å². The zero-order chi connectivity index (χ0) is 6.95. The van der Waals surface area contributed by atoms with Gasteiger partial charge in [0.15, 0.2) is 0 Å². The summed E-state index contributed by atoms with van der Waals surface area (Å²) in [5, 5.41) is 9.71. The van der Waals surface area contributed by atoms with Gasteiger partial charge in [0.1, 0.15) is 0 Å². The summed E-state index contributed by atoms with van der Waals surface area (Å²) in [5.74, 6) is 0. The van der Waals surface area contributed by atoms with Gasteiger partial charge in [-0.25, -0.2) is 0 Å². The third-order valence-electron chi connectivity index (χ3n) is 1.38. The van der Waals surface area contributed by atoms with E-state index in [0.29, 0.717) is 6.54 Å². The summed E-state index contributed by atoms with van der Waals surface area (Å²) < 4.78 is 0. The van der Waals surface area contributed by atoms with Gasteiger partial charge in [-0.2, -0.15) is 0 Å². The minimum atomic E-state index is 0.629. The Morgan fingerprint density at radius 2 is 1.78 bits per heavy atom. The molecule has 0 fully saturated rings. The maximum absolute atomic E-state index is 9.71. The van der Waals surface area contributed by atoms with E-state index in [-0.39, 0.29) is 0 Å². The number of rotatable bonds is 6. The minimum absolute atomic E-state index is 0.629. The summed E-state index contributed by atoms with van der Waals surface area (Å²) in [5.41, 5.74) is 1.89. The summed E-state index contributed by atoms with van der Waals surface area (Å²) in [6, 6.07) is 0. The van der Waals surface area contributed by atoms with E-state index in [4.69, 9.17) is 0 Å². The Kier molecular flexibility index (Phi) is 7.85. The van der Waals surface area contributed by atoms with Crippen molar-refractivity contribution in [3.8, 4) is 0 Å². The first kappa shape index (κ1) is 8.92. The number of hydroxylamine groups is 1. The van der Waals surface area contributed by atoms with Crippen LogP contribution in [0.25, 0.3) is 0 Å². The number of unbranched alkanes of at least 4 members (excludes halogenated alkanes) is 4. The van der Waals surface area contributed by atoms with E-state index < -0.39 is 0 Å². The van der Waals surface area contributed by atoms with Crippen molar-refractivity contribution in [2.75, 3.05) is 6.54 Å². The zero-order valence-corrected chi connectivity index (χ0v) is 6.15. The second-order valence-electron chi connectivity index (χ2n) is 2.31. The largest absolute Gasteiger partial charge is 0.788 e. The van der Waals surface area contributed by atoms with Crippen LogP contribution >= 0.6 is 0 Å². The number of hydrogen-bond acceptors (Lipinski definition) is 2. The van der Waals surface area contributed by atoms with Crippen molar-refractivity contribution in [2.45, 2.75) is 39.0 Å². The highest BCUT2D eigenvalue weighted by molar-refractivity contribution is 4.46. The fourth-order valence-electron chi connectivity index (χ4n) is 0.801. The third-order valence-corrected chi connectivity index (χ3v) is 1.38. The van der Waals surface area contributed by atoms with Crippen molar-refractivity contribution in [1.82, 2.24) is 5.48 Å². The summed E-state index contributed by atoms with van der Waals surface area (Å²) in [6.45, 7) is 2.82. The van der Waals surface area contributed by atoms with Crippen LogP contribution in [0.4, 0.5) is 0 Å². The molecule has 0 aliphatic carbocycles. The molecule has 0 unspecified atom stereocenters. The van der Waals surface area contributed by atoms with E-state index in [1.54, 1.807) is 0 Å². The van der Waals surface area contributed by atoms with E-state index in [9.17, 15) is 5.21 Å². The van der Waals surface area contributed by atoms with Crippen LogP contribution in [0, 0.1) is 5.21 Å². The molecule has 0 aromatic carbocycles. The van der Waals surface area contributed by atoms with Crippen molar-refractivity contribution in [3.63, 3.8) is 0 Å². The third kappa shape index (κ3) is 7.92. The molecule has 0 saturated heterocycles. The van der Waals surface area contributed by atoms with E-state index in [1.165, 1.54) is 25.7 Å². The maximum atomic E-state index is 9.71. The van der Waals surface area contributed by atoms with Gasteiger partial charge in [0.25, 0.3) is 0 Å². The van der Waals surface area contributed by atoms with Crippen molar-refractivity contribution in [3.05, 3.63) is 5.21 Å². The molecule has 0 spiro atoms. The smallest absolute Gasteiger partial charge is 0.0170 e. The van der Waals surface area contributed by atoms with Crippen LogP contribution in [0.5, 0.6) is 0 Å². The first-order chi connectivity index (χ1) is 4.41. The molecule has 0 aliphatic rings. The molecule has 9 heavy (non-hydrogen) atoms. The molecule has 0 bridgehead atoms. The van der Waals surface area contributed by atoms with Crippen LogP contribution in [-0.2, 0) is 0 Å². The average molecular weight is 130 g/mol. The van der Waals surface area contributed by atoms with Crippen molar-refractivity contribution < 1.29 is 0 Å². The van der Waals surface area contributed by atoms with Crippen molar-refractivity contribution >= 4 is 0 Å². The van der Waals surface area contributed by atoms with Gasteiger partial charge in [0.2, 0.25) is 0 Å². The Morgan fingerprint density at radius 1 is 1.11 bits per heavy atom. The molecule has 0 radical (unpaired) electrons. The van der Waals surface area contributed by atoms with Crippen LogP contribution in [0.2, 0.25) is 0 Å². The Bertz CT molecular complexity index is 42.2. The fraction of sp³-hybridized carbons (Fsp3) is 1.00. The van der Waals surface area contributed by atoms with Gasteiger partial charge in [-0.3, -0.25) is 0 Å². The van der Waals surface area contributed by atoms with Crippen LogP contribution in [-0.4, -0.2) is 6.54 Å². The van der Waals surface area contributed by atoms with E-state index in [0.717, 1.165) is 6.42 Å². The molecule has 56 valence electrons. The standard InChI is InChI=1S/C7H16NO/c1-2-3-4-5-6-7-8-9/h8H,2-7H2,1H3/q-1. The lowest BCUT2D eigenvalue weighted by molar-refractivity contribution is 0.619. The quantitative estimate of drug-likeness (QED) is 0.441. The Morgan fingerprint density at radius 3 is 2.33 bits per heavy atom. The molecule has 0 aromatic rings. The number of nitrogens with one attached hydrogen (secondary N) is 1. The van der Waals surface area contributed by atoms with Gasteiger partial charge in [-0.1, -0.05) is 32.6 Å². The SMILES string of the molecule is CCCCCCCN[O-]. The van der Waals surface area contributed by atoms with Gasteiger partial charge in [-0.05, 0) is 13.0 Å². The second-order valence-corrected chi connectivity index (χ2v) is 2.31. The van der Waals surface area contributed by atoms with Gasteiger partial charge < -0.3 is 10.7 Å². The average Bonchev–Trinajstić information content (AvgIpc) is 1.89. The normalized spacial score (nSPS) is 10.0. The molecule has 0 atom stereocenters. The van der Waals surface area contributed by atoms with Crippen molar-refractivity contribution in [1.29, 1.82) is 0 Å². The molecular weight excluding hydrogens is 114 g/mol. The van der Waals surface area contributed by atoms with Crippen LogP contribution in [0.3, 0.4) is 0 Å². The predicted molar refractivity (Wildman–Crippen MR) is 40.1 cm³/mol. The number of hydrogen-bond donors (Lipinski definition) is 1. The van der Waals surface area contributed by atoms with Gasteiger partial charge in [0.05, 0.1) is 0 Å². The first-order valence-electron chi connectivity index (χ1n) is 3.76. The van der Waals surface area contributed by atoms with Crippen LogP contribution < -0.4 is 5.48 Å². The molecule has 0 aliphatic heterocycles. The molecule has 0 amide bonds. The molecule has 1 N–H and O–H groups in total. The van der Waals surface area contributed by atoms with Crippen molar-refractivity contribution in [2.24, 2.45) is 0 Å². The monoisotopic (exact) mass is 130 g/mol. The fourth-order valence-corrected chi connectivity index (χ4v) is 0.801. The molecular formula is C7H16NO-. The highest BCUT2D eigenvalue weighted by Gasteiger charge is 1.84. The molecule has 2 nitrogen and oxygen atoms in total. The second kappa shape index (κ2) is 7.92. The Labute approximate surface area is 57.2 Å². The predicted octanol–water partition coefficient (Wildman–Crippen LogP) is 2.04. The molecule has 0 rings (SSSR count). The summed E-state index contributed by atoms with van der Waals surface area (Å²) in [6.07, 6.45) is 6.08.